The predicted octanol–water partition coefficient (Wildman–Crippen LogP) is 2.32. The first-order valence-electron chi connectivity index (χ1n) is 14.9. The van der Waals surface area contributed by atoms with E-state index in [1.165, 1.54) is 65.9 Å². The smallest absolute Gasteiger partial charge is 0.331 e. The van der Waals surface area contributed by atoms with Crippen molar-refractivity contribution in [3.05, 3.63) is 0 Å². The highest BCUT2D eigenvalue weighted by Crippen LogP contribution is 2.28. The lowest BCUT2D eigenvalue weighted by Crippen LogP contribution is -2.66. The summed E-state index contributed by atoms with van der Waals surface area (Å²) in [5.74, 6) is -2.91. The Hall–Kier alpha value is -2.77. The van der Waals surface area contributed by atoms with Crippen molar-refractivity contribution in [2.75, 3.05) is 33.5 Å². The first-order valence-corrected chi connectivity index (χ1v) is 14.9. The molecule has 1 fully saturated rings. The molecule has 42 heavy (non-hydrogen) atoms. The van der Waals surface area contributed by atoms with E-state index in [0.29, 0.717) is 6.54 Å². The van der Waals surface area contributed by atoms with Crippen molar-refractivity contribution >= 4 is 29.7 Å². The molecular weight excluding hydrogens is 552 g/mol. The average molecular weight is 603 g/mol. The van der Waals surface area contributed by atoms with Gasteiger partial charge in [0.2, 0.25) is 11.8 Å². The molecular formula is C29H50N2O11. The molecule has 13 nitrogen and oxygen atoms in total. The fraction of sp³-hybridized carbons (Fsp3) is 0.828. The number of ether oxygens (including phenoxy) is 6. The van der Waals surface area contributed by atoms with Crippen LogP contribution in [0, 0.1) is 0 Å². The molecule has 0 aromatic carbocycles. The van der Waals surface area contributed by atoms with Crippen LogP contribution in [0.1, 0.15) is 91.9 Å². The monoisotopic (exact) mass is 602 g/mol. The van der Waals surface area contributed by atoms with E-state index >= 15 is 0 Å². The van der Waals surface area contributed by atoms with Gasteiger partial charge in [0, 0.05) is 27.3 Å². The molecule has 0 aromatic heterocycles. The van der Waals surface area contributed by atoms with E-state index in [-0.39, 0.29) is 12.5 Å². The Morgan fingerprint density at radius 2 is 1.38 bits per heavy atom. The van der Waals surface area contributed by atoms with Gasteiger partial charge in [-0.1, -0.05) is 64.7 Å². The van der Waals surface area contributed by atoms with E-state index in [1.54, 1.807) is 0 Å². The van der Waals surface area contributed by atoms with Gasteiger partial charge in [-0.25, -0.2) is 4.79 Å². The average Bonchev–Trinajstić information content (AvgIpc) is 2.93. The van der Waals surface area contributed by atoms with Gasteiger partial charge in [-0.2, -0.15) is 0 Å². The molecule has 0 saturated carbocycles. The molecule has 1 saturated heterocycles. The highest BCUT2D eigenvalue weighted by Gasteiger charge is 2.50. The molecule has 1 aliphatic heterocycles. The minimum atomic E-state index is -1.27. The van der Waals surface area contributed by atoms with Crippen molar-refractivity contribution in [3.63, 3.8) is 0 Å². The van der Waals surface area contributed by atoms with Gasteiger partial charge < -0.3 is 39.1 Å². The van der Waals surface area contributed by atoms with Crippen molar-refractivity contribution < 1.29 is 52.4 Å². The number of esters is 3. The zero-order chi connectivity index (χ0) is 31.3. The number of amides is 2. The molecule has 2 amide bonds. The summed E-state index contributed by atoms with van der Waals surface area (Å²) in [6.45, 7) is 5.03. The van der Waals surface area contributed by atoms with Gasteiger partial charge in [0.05, 0.1) is 7.11 Å². The molecule has 13 heteroatoms. The number of carbonyl (C=O) groups excluding carboxylic acids is 5. The maximum absolute atomic E-state index is 12.5. The Kier molecular flexibility index (Phi) is 19.4. The SMILES string of the molecule is CCCCCCCCCCCCNC(=O)CO[C@H]1O[C@H](COC(C)=O)[C@@H](OC(C)=O)[C@H](OCC(=O)OC)[C@H]1NC(C)=O. The lowest BCUT2D eigenvalue weighted by molar-refractivity contribution is -0.279. The van der Waals surface area contributed by atoms with Crippen LogP contribution >= 0.6 is 0 Å². The van der Waals surface area contributed by atoms with Crippen LogP contribution in [0.4, 0.5) is 0 Å². The largest absolute Gasteiger partial charge is 0.467 e. The van der Waals surface area contributed by atoms with Crippen LogP contribution in [0.2, 0.25) is 0 Å². The van der Waals surface area contributed by atoms with Gasteiger partial charge in [0.15, 0.2) is 12.4 Å². The van der Waals surface area contributed by atoms with Crippen molar-refractivity contribution in [2.45, 2.75) is 123 Å². The highest BCUT2D eigenvalue weighted by atomic mass is 16.7. The third kappa shape index (κ3) is 16.0. The summed E-state index contributed by atoms with van der Waals surface area (Å²) in [6.07, 6.45) is 7.09. The maximum Gasteiger partial charge on any atom is 0.331 e. The lowest BCUT2D eigenvalue weighted by Gasteiger charge is -2.45. The molecule has 1 rings (SSSR count). The summed E-state index contributed by atoms with van der Waals surface area (Å²) in [5, 5.41) is 5.44. The number of hydrogen-bond acceptors (Lipinski definition) is 11. The second kappa shape index (κ2) is 21.9. The van der Waals surface area contributed by atoms with Crippen LogP contribution in [0.15, 0.2) is 0 Å². The van der Waals surface area contributed by atoms with Crippen molar-refractivity contribution in [1.29, 1.82) is 0 Å². The fourth-order valence-corrected chi connectivity index (χ4v) is 4.57. The van der Waals surface area contributed by atoms with E-state index in [2.05, 4.69) is 22.3 Å². The van der Waals surface area contributed by atoms with Gasteiger partial charge in [0.1, 0.15) is 38.1 Å². The van der Waals surface area contributed by atoms with Crippen molar-refractivity contribution in [2.24, 2.45) is 0 Å². The van der Waals surface area contributed by atoms with Crippen LogP contribution in [0.3, 0.4) is 0 Å². The molecule has 0 bridgehead atoms. The zero-order valence-corrected chi connectivity index (χ0v) is 25.8. The van der Waals surface area contributed by atoms with E-state index < -0.39 is 67.7 Å². The molecule has 0 aliphatic carbocycles. The van der Waals surface area contributed by atoms with Crippen LogP contribution in [0.5, 0.6) is 0 Å². The van der Waals surface area contributed by atoms with E-state index in [1.807, 2.05) is 0 Å². The summed E-state index contributed by atoms with van der Waals surface area (Å²) in [6, 6.07) is -1.10. The standard InChI is InChI=1S/C29H50N2O11/c1-6-7-8-9-10-11-12-13-14-15-16-30-24(35)18-40-29-26(31-20(2)32)28(39-19-25(36)37-5)27(41-22(4)34)23(42-29)17-38-21(3)33/h23,26-29H,6-19H2,1-5H3,(H,30,35)(H,31,32)/t23-,26-,27-,28-,29+/m1/s1. The Balaban J connectivity index is 2.76. The van der Waals surface area contributed by atoms with Gasteiger partial charge in [-0.05, 0) is 6.42 Å². The Morgan fingerprint density at radius 3 is 1.93 bits per heavy atom. The summed E-state index contributed by atoms with van der Waals surface area (Å²) < 4.78 is 32.5. The van der Waals surface area contributed by atoms with E-state index in [4.69, 9.17) is 23.7 Å². The Morgan fingerprint density at radius 1 is 0.762 bits per heavy atom. The number of unbranched alkanes of at least 4 members (excludes halogenated alkanes) is 9. The molecule has 2 N–H and O–H groups in total. The number of nitrogens with one attached hydrogen (secondary N) is 2. The van der Waals surface area contributed by atoms with Gasteiger partial charge in [-0.15, -0.1) is 0 Å². The number of rotatable bonds is 21. The number of carbonyl (C=O) groups is 5. The minimum Gasteiger partial charge on any atom is -0.467 e. The predicted molar refractivity (Wildman–Crippen MR) is 151 cm³/mol. The maximum atomic E-state index is 12.5. The molecule has 0 radical (unpaired) electrons. The van der Waals surface area contributed by atoms with Crippen molar-refractivity contribution in [3.8, 4) is 0 Å². The molecule has 242 valence electrons. The van der Waals surface area contributed by atoms with Crippen LogP contribution < -0.4 is 10.6 Å². The normalized spacial score (nSPS) is 21.7. The zero-order valence-electron chi connectivity index (χ0n) is 25.8. The van der Waals surface area contributed by atoms with E-state index in [0.717, 1.165) is 26.2 Å². The van der Waals surface area contributed by atoms with Crippen molar-refractivity contribution in [1.82, 2.24) is 10.6 Å². The summed E-state index contributed by atoms with van der Waals surface area (Å²) >= 11 is 0. The Bertz CT molecular complexity index is 838. The quantitative estimate of drug-likeness (QED) is 0.113. The minimum absolute atomic E-state index is 0.344. The summed E-state index contributed by atoms with van der Waals surface area (Å²) in [5.41, 5.74) is 0. The Labute approximate surface area is 249 Å². The third-order valence-electron chi connectivity index (χ3n) is 6.62. The van der Waals surface area contributed by atoms with E-state index in [9.17, 15) is 24.0 Å². The fourth-order valence-electron chi connectivity index (χ4n) is 4.57. The third-order valence-corrected chi connectivity index (χ3v) is 6.62. The molecule has 1 heterocycles. The van der Waals surface area contributed by atoms with Gasteiger partial charge in [-0.3, -0.25) is 19.2 Å². The highest BCUT2D eigenvalue weighted by molar-refractivity contribution is 5.77. The molecule has 0 aromatic rings. The number of hydrogen-bond donors (Lipinski definition) is 2. The molecule has 5 atom stereocenters. The molecule has 0 spiro atoms. The summed E-state index contributed by atoms with van der Waals surface area (Å²) in [7, 11) is 1.17. The van der Waals surface area contributed by atoms with Crippen LogP contribution in [-0.2, 0) is 52.4 Å². The molecule has 0 unspecified atom stereocenters. The molecule has 1 aliphatic rings. The second-order valence-corrected chi connectivity index (χ2v) is 10.3. The van der Waals surface area contributed by atoms with Gasteiger partial charge >= 0.3 is 17.9 Å². The lowest BCUT2D eigenvalue weighted by atomic mass is 9.96. The second-order valence-electron chi connectivity index (χ2n) is 10.3. The first kappa shape index (κ1) is 37.3. The number of methoxy groups -OCH3 is 1. The van der Waals surface area contributed by atoms with Crippen LogP contribution in [-0.4, -0.2) is 93.8 Å². The summed E-state index contributed by atoms with van der Waals surface area (Å²) in [4.78, 5) is 59.8. The topological polar surface area (TPSA) is 165 Å². The van der Waals surface area contributed by atoms with Crippen LogP contribution in [0.25, 0.3) is 0 Å². The first-order chi connectivity index (χ1) is 20.1. The van der Waals surface area contributed by atoms with Gasteiger partial charge in [0.25, 0.3) is 0 Å².